The molecule has 3 aromatic rings. The SMILES string of the molecule is Cc1c(C(=O)OCC(=O)c2ccc(F)cc2)oc2ccccc12. The van der Waals surface area contributed by atoms with E-state index < -0.39 is 24.2 Å². The number of halogens is 1. The maximum atomic E-state index is 12.8. The second-order valence-electron chi connectivity index (χ2n) is 5.06. The van der Waals surface area contributed by atoms with E-state index >= 15 is 0 Å². The number of para-hydroxylation sites is 1. The molecule has 0 bridgehead atoms. The van der Waals surface area contributed by atoms with Crippen LogP contribution in [-0.4, -0.2) is 18.4 Å². The van der Waals surface area contributed by atoms with Crippen molar-refractivity contribution in [1.29, 1.82) is 0 Å². The van der Waals surface area contributed by atoms with Crippen LogP contribution in [0.3, 0.4) is 0 Å². The number of carbonyl (C=O) groups is 2. The molecule has 1 heterocycles. The van der Waals surface area contributed by atoms with Gasteiger partial charge in [0.25, 0.3) is 0 Å². The summed E-state index contributed by atoms with van der Waals surface area (Å²) in [7, 11) is 0. The zero-order valence-electron chi connectivity index (χ0n) is 12.3. The molecule has 5 heteroatoms. The van der Waals surface area contributed by atoms with Gasteiger partial charge in [-0.2, -0.15) is 0 Å². The van der Waals surface area contributed by atoms with Gasteiger partial charge in [0.05, 0.1) is 0 Å². The molecule has 0 atom stereocenters. The number of Topliss-reactive ketones (excluding diaryl/α,β-unsaturated/α-hetero) is 1. The molecule has 1 aromatic heterocycles. The third-order valence-electron chi connectivity index (χ3n) is 3.53. The first-order chi connectivity index (χ1) is 11.1. The van der Waals surface area contributed by atoms with Gasteiger partial charge >= 0.3 is 5.97 Å². The lowest BCUT2D eigenvalue weighted by Crippen LogP contribution is -2.14. The topological polar surface area (TPSA) is 56.5 Å². The average Bonchev–Trinajstić information content (AvgIpc) is 2.90. The van der Waals surface area contributed by atoms with Gasteiger partial charge in [0, 0.05) is 16.5 Å². The molecule has 0 amide bonds. The van der Waals surface area contributed by atoms with E-state index in [0.29, 0.717) is 11.1 Å². The van der Waals surface area contributed by atoms with Crippen LogP contribution >= 0.6 is 0 Å². The normalized spacial score (nSPS) is 10.7. The maximum Gasteiger partial charge on any atom is 0.375 e. The molecule has 0 saturated heterocycles. The summed E-state index contributed by atoms with van der Waals surface area (Å²) in [6, 6.07) is 12.3. The molecule has 0 spiro atoms. The number of carbonyl (C=O) groups excluding carboxylic acids is 2. The van der Waals surface area contributed by atoms with Gasteiger partial charge < -0.3 is 9.15 Å². The fraction of sp³-hybridized carbons (Fsp3) is 0.111. The maximum absolute atomic E-state index is 12.8. The summed E-state index contributed by atoms with van der Waals surface area (Å²) in [6.45, 7) is 1.32. The molecule has 0 radical (unpaired) electrons. The zero-order valence-corrected chi connectivity index (χ0v) is 12.3. The Morgan fingerprint density at radius 3 is 2.48 bits per heavy atom. The van der Waals surface area contributed by atoms with E-state index in [1.54, 1.807) is 19.1 Å². The third kappa shape index (κ3) is 2.99. The van der Waals surface area contributed by atoms with Crippen molar-refractivity contribution in [1.82, 2.24) is 0 Å². The summed E-state index contributed by atoms with van der Waals surface area (Å²) in [6.07, 6.45) is 0. The van der Waals surface area contributed by atoms with Crippen LogP contribution in [0.15, 0.2) is 52.9 Å². The largest absolute Gasteiger partial charge is 0.451 e. The van der Waals surface area contributed by atoms with Crippen molar-refractivity contribution in [2.75, 3.05) is 6.61 Å². The first kappa shape index (κ1) is 15.0. The minimum atomic E-state index is -0.700. The summed E-state index contributed by atoms with van der Waals surface area (Å²) < 4.78 is 23.3. The predicted octanol–water partition coefficient (Wildman–Crippen LogP) is 3.92. The Morgan fingerprint density at radius 1 is 1.09 bits per heavy atom. The van der Waals surface area contributed by atoms with Crippen molar-refractivity contribution in [3.63, 3.8) is 0 Å². The van der Waals surface area contributed by atoms with E-state index in [1.165, 1.54) is 24.3 Å². The number of ether oxygens (including phenoxy) is 1. The lowest BCUT2D eigenvalue weighted by molar-refractivity contribution is 0.0445. The number of furan rings is 1. The van der Waals surface area contributed by atoms with E-state index in [4.69, 9.17) is 9.15 Å². The standard InChI is InChI=1S/C18H13FO4/c1-11-14-4-2-3-5-16(14)23-17(11)18(21)22-10-15(20)12-6-8-13(19)9-7-12/h2-9H,10H2,1H3. The van der Waals surface area contributed by atoms with Crippen molar-refractivity contribution in [2.45, 2.75) is 6.92 Å². The number of aryl methyl sites for hydroxylation is 1. The van der Waals surface area contributed by atoms with Crippen LogP contribution in [0, 0.1) is 12.7 Å². The summed E-state index contributed by atoms with van der Waals surface area (Å²) in [4.78, 5) is 24.0. The van der Waals surface area contributed by atoms with Gasteiger partial charge in [-0.25, -0.2) is 9.18 Å². The minimum absolute atomic E-state index is 0.0816. The first-order valence-electron chi connectivity index (χ1n) is 7.00. The van der Waals surface area contributed by atoms with Crippen LogP contribution in [0.5, 0.6) is 0 Å². The molecule has 4 nitrogen and oxygen atoms in total. The third-order valence-corrected chi connectivity index (χ3v) is 3.53. The Morgan fingerprint density at radius 2 is 1.78 bits per heavy atom. The summed E-state index contributed by atoms with van der Waals surface area (Å²) >= 11 is 0. The first-order valence-corrected chi connectivity index (χ1v) is 7.00. The van der Waals surface area contributed by atoms with E-state index in [9.17, 15) is 14.0 Å². The molecular formula is C18H13FO4. The Labute approximate surface area is 131 Å². The average molecular weight is 312 g/mol. The molecule has 116 valence electrons. The number of fused-ring (bicyclic) bond motifs is 1. The van der Waals surface area contributed by atoms with E-state index in [0.717, 1.165) is 5.39 Å². The van der Waals surface area contributed by atoms with Gasteiger partial charge in [0.15, 0.2) is 12.4 Å². The van der Waals surface area contributed by atoms with Gasteiger partial charge in [0.2, 0.25) is 5.76 Å². The number of ketones is 1. The van der Waals surface area contributed by atoms with Crippen LogP contribution in [-0.2, 0) is 4.74 Å². The van der Waals surface area contributed by atoms with Gasteiger partial charge in [-0.05, 0) is 37.3 Å². The monoisotopic (exact) mass is 312 g/mol. The van der Waals surface area contributed by atoms with Gasteiger partial charge in [-0.1, -0.05) is 18.2 Å². The number of rotatable bonds is 4. The summed E-state index contributed by atoms with van der Waals surface area (Å²) in [5.74, 6) is -1.46. The van der Waals surface area contributed by atoms with Crippen molar-refractivity contribution >= 4 is 22.7 Å². The minimum Gasteiger partial charge on any atom is -0.451 e. The summed E-state index contributed by atoms with van der Waals surface area (Å²) in [5.41, 5.74) is 1.53. The Hall–Kier alpha value is -2.95. The van der Waals surface area contributed by atoms with Gasteiger partial charge in [0.1, 0.15) is 11.4 Å². The second kappa shape index (κ2) is 6.04. The Kier molecular flexibility index (Phi) is 3.93. The molecular weight excluding hydrogens is 299 g/mol. The molecule has 23 heavy (non-hydrogen) atoms. The molecule has 0 aliphatic carbocycles. The fourth-order valence-corrected chi connectivity index (χ4v) is 2.28. The van der Waals surface area contributed by atoms with Crippen LogP contribution in [0.1, 0.15) is 26.5 Å². The lowest BCUT2D eigenvalue weighted by Gasteiger charge is -2.03. The van der Waals surface area contributed by atoms with Crippen LogP contribution in [0.4, 0.5) is 4.39 Å². The van der Waals surface area contributed by atoms with Crippen molar-refractivity contribution in [2.24, 2.45) is 0 Å². The predicted molar refractivity (Wildman–Crippen MR) is 82.0 cm³/mol. The van der Waals surface area contributed by atoms with Crippen LogP contribution < -0.4 is 0 Å². The molecule has 2 aromatic carbocycles. The van der Waals surface area contributed by atoms with E-state index in [1.807, 2.05) is 12.1 Å². The fourth-order valence-electron chi connectivity index (χ4n) is 2.28. The smallest absolute Gasteiger partial charge is 0.375 e. The van der Waals surface area contributed by atoms with Gasteiger partial charge in [-0.3, -0.25) is 4.79 Å². The van der Waals surface area contributed by atoms with E-state index in [2.05, 4.69) is 0 Å². The molecule has 0 unspecified atom stereocenters. The number of hydrogen-bond donors (Lipinski definition) is 0. The Bertz CT molecular complexity index is 878. The molecule has 0 aliphatic rings. The van der Waals surface area contributed by atoms with Crippen LogP contribution in [0.2, 0.25) is 0 Å². The molecule has 0 fully saturated rings. The highest BCUT2D eigenvalue weighted by Crippen LogP contribution is 2.25. The Balaban J connectivity index is 1.72. The van der Waals surface area contributed by atoms with E-state index in [-0.39, 0.29) is 11.3 Å². The van der Waals surface area contributed by atoms with Gasteiger partial charge in [-0.15, -0.1) is 0 Å². The number of hydrogen-bond acceptors (Lipinski definition) is 4. The highest BCUT2D eigenvalue weighted by Gasteiger charge is 2.20. The molecule has 0 N–H and O–H groups in total. The lowest BCUT2D eigenvalue weighted by atomic mass is 10.1. The number of esters is 1. The van der Waals surface area contributed by atoms with Crippen molar-refractivity contribution in [3.8, 4) is 0 Å². The highest BCUT2D eigenvalue weighted by molar-refractivity contribution is 6.00. The van der Waals surface area contributed by atoms with Crippen molar-refractivity contribution in [3.05, 3.63) is 71.2 Å². The quantitative estimate of drug-likeness (QED) is 0.541. The molecule has 0 saturated carbocycles. The molecule has 3 rings (SSSR count). The van der Waals surface area contributed by atoms with Crippen LogP contribution in [0.25, 0.3) is 11.0 Å². The van der Waals surface area contributed by atoms with Crippen molar-refractivity contribution < 1.29 is 23.1 Å². The molecule has 0 aliphatic heterocycles. The second-order valence-corrected chi connectivity index (χ2v) is 5.06. The number of benzene rings is 2. The summed E-state index contributed by atoms with van der Waals surface area (Å²) in [5, 5.41) is 0.823. The highest BCUT2D eigenvalue weighted by atomic mass is 19.1. The zero-order chi connectivity index (χ0) is 16.4.